The third kappa shape index (κ3) is 5.67. The van der Waals surface area contributed by atoms with E-state index in [0.717, 1.165) is 18.6 Å². The summed E-state index contributed by atoms with van der Waals surface area (Å²) in [6.45, 7) is 0.386. The molecule has 8 nitrogen and oxygen atoms in total. The number of nitrogens with two attached hydrogens (primary N) is 1. The number of hydrogen-bond donors (Lipinski definition) is 5. The van der Waals surface area contributed by atoms with Crippen LogP contribution in [-0.4, -0.2) is 64.1 Å². The van der Waals surface area contributed by atoms with Crippen molar-refractivity contribution in [1.82, 2.24) is 10.6 Å². The van der Waals surface area contributed by atoms with Gasteiger partial charge in [0, 0.05) is 23.8 Å². The van der Waals surface area contributed by atoms with Crippen LogP contribution in [0.25, 0.3) is 0 Å². The van der Waals surface area contributed by atoms with E-state index < -0.39 is 23.0 Å². The van der Waals surface area contributed by atoms with Gasteiger partial charge in [0.25, 0.3) is 0 Å². The van der Waals surface area contributed by atoms with Gasteiger partial charge in [0.2, 0.25) is 0 Å². The number of unbranched alkanes of at least 4 members (excludes halogenated alkanes) is 2. The van der Waals surface area contributed by atoms with Crippen molar-refractivity contribution in [3.05, 3.63) is 0 Å². The number of ketones is 2. The minimum atomic E-state index is -1.98. The van der Waals surface area contributed by atoms with E-state index in [1.165, 1.54) is 0 Å². The Hall–Kier alpha value is -1.26. The van der Waals surface area contributed by atoms with E-state index in [0.29, 0.717) is 25.8 Å². The molecule has 5 N–H and O–H groups in total. The number of thioether (sulfide) groups is 1. The third-order valence-corrected chi connectivity index (χ3v) is 7.47. The standard InChI is InChI=1S/C19H31N3O5S2/c20-9-4-3-8-19(17(25)26,15(24)7-10-28)14(23)6-2-1-5-13-16-12(11-29-13)21-18(27)22-16/h12-13,16,28H,1-11,20H2,(H,25,26)(H2,21,22,27)/t12-,13-,16-,19?/m0/s1. The molecule has 0 aliphatic carbocycles. The second-order valence-corrected chi connectivity index (χ2v) is 9.36. The number of thiol groups is 1. The van der Waals surface area contributed by atoms with E-state index >= 15 is 0 Å². The minimum absolute atomic E-state index is 0.00902. The van der Waals surface area contributed by atoms with E-state index in [1.54, 1.807) is 11.8 Å². The zero-order valence-electron chi connectivity index (χ0n) is 16.5. The molecule has 4 atom stereocenters. The summed E-state index contributed by atoms with van der Waals surface area (Å²) in [5, 5.41) is 15.9. The van der Waals surface area contributed by atoms with Crippen LogP contribution in [0, 0.1) is 5.41 Å². The van der Waals surface area contributed by atoms with Crippen molar-refractivity contribution in [3.8, 4) is 0 Å². The lowest BCUT2D eigenvalue weighted by molar-refractivity contribution is -0.160. The molecule has 10 heteroatoms. The van der Waals surface area contributed by atoms with Gasteiger partial charge in [-0.3, -0.25) is 14.4 Å². The van der Waals surface area contributed by atoms with Gasteiger partial charge in [-0.15, -0.1) is 0 Å². The first-order chi connectivity index (χ1) is 13.9. The molecular formula is C19H31N3O5S2. The summed E-state index contributed by atoms with van der Waals surface area (Å²) in [5.74, 6) is -1.36. The van der Waals surface area contributed by atoms with Crippen molar-refractivity contribution in [2.45, 2.75) is 68.7 Å². The molecule has 2 aliphatic heterocycles. The quantitative estimate of drug-likeness (QED) is 0.118. The average Bonchev–Trinajstić information content (AvgIpc) is 3.21. The van der Waals surface area contributed by atoms with Crippen molar-refractivity contribution in [3.63, 3.8) is 0 Å². The molecule has 2 aliphatic rings. The van der Waals surface area contributed by atoms with Crippen LogP contribution in [0.4, 0.5) is 4.79 Å². The number of carboxylic acids is 1. The maximum Gasteiger partial charge on any atom is 0.324 e. The SMILES string of the molecule is NCCCCC(C(=O)O)(C(=O)CCS)C(=O)CCCC[C@@H]1SC[C@@H]2NC(=O)N[C@@H]21. The zero-order valence-corrected chi connectivity index (χ0v) is 18.2. The molecule has 2 saturated heterocycles. The lowest BCUT2D eigenvalue weighted by Crippen LogP contribution is -2.46. The summed E-state index contributed by atoms with van der Waals surface area (Å²) in [6, 6.07) is 0.127. The molecule has 0 spiro atoms. The molecule has 1 unspecified atom stereocenters. The molecule has 0 saturated carbocycles. The highest BCUT2D eigenvalue weighted by Crippen LogP contribution is 2.35. The lowest BCUT2D eigenvalue weighted by atomic mass is 9.72. The van der Waals surface area contributed by atoms with E-state index in [2.05, 4.69) is 23.3 Å². The van der Waals surface area contributed by atoms with Crippen LogP contribution in [0.15, 0.2) is 0 Å². The Morgan fingerprint density at radius 3 is 2.52 bits per heavy atom. The minimum Gasteiger partial charge on any atom is -0.480 e. The molecule has 164 valence electrons. The first-order valence-electron chi connectivity index (χ1n) is 10.2. The van der Waals surface area contributed by atoms with Gasteiger partial charge in [-0.1, -0.05) is 12.8 Å². The average molecular weight is 446 g/mol. The predicted molar refractivity (Wildman–Crippen MR) is 115 cm³/mol. The normalized spacial score (nSPS) is 25.0. The summed E-state index contributed by atoms with van der Waals surface area (Å²) >= 11 is 5.83. The first-order valence-corrected chi connectivity index (χ1v) is 11.8. The summed E-state index contributed by atoms with van der Waals surface area (Å²) in [4.78, 5) is 49.0. The summed E-state index contributed by atoms with van der Waals surface area (Å²) in [6.07, 6.45) is 3.08. The van der Waals surface area contributed by atoms with E-state index in [4.69, 9.17) is 5.73 Å². The van der Waals surface area contributed by atoms with E-state index in [-0.39, 0.29) is 48.4 Å². The Labute approximate surface area is 180 Å². The van der Waals surface area contributed by atoms with Gasteiger partial charge in [0.15, 0.2) is 17.0 Å². The highest BCUT2D eigenvalue weighted by molar-refractivity contribution is 8.00. The highest BCUT2D eigenvalue weighted by atomic mass is 32.2. The summed E-state index contributed by atoms with van der Waals surface area (Å²) < 4.78 is 0. The number of amides is 2. The fraction of sp³-hybridized carbons (Fsp3) is 0.789. The molecule has 0 aromatic carbocycles. The van der Waals surface area contributed by atoms with E-state index in [1.807, 2.05) is 0 Å². The van der Waals surface area contributed by atoms with Crippen molar-refractivity contribution < 1.29 is 24.3 Å². The number of carbonyl (C=O) groups is 4. The van der Waals surface area contributed by atoms with Gasteiger partial charge in [0.05, 0.1) is 12.1 Å². The van der Waals surface area contributed by atoms with Gasteiger partial charge in [-0.05, 0) is 38.0 Å². The maximum absolute atomic E-state index is 12.9. The number of urea groups is 1. The van der Waals surface area contributed by atoms with Crippen LogP contribution in [-0.2, 0) is 14.4 Å². The molecule has 2 amide bonds. The number of carboxylic acid groups (broad SMARTS) is 1. The van der Waals surface area contributed by atoms with Crippen molar-refractivity contribution in [2.24, 2.45) is 11.1 Å². The summed E-state index contributed by atoms with van der Waals surface area (Å²) in [5.41, 5.74) is 3.51. The molecule has 2 fully saturated rings. The fourth-order valence-electron chi connectivity index (χ4n) is 4.12. The Kier molecular flexibility index (Phi) is 9.29. The number of hydrogen-bond acceptors (Lipinski definition) is 7. The van der Waals surface area contributed by atoms with Crippen LogP contribution in [0.2, 0.25) is 0 Å². The van der Waals surface area contributed by atoms with Gasteiger partial charge in [-0.2, -0.15) is 24.4 Å². The zero-order chi connectivity index (χ0) is 21.4. The second-order valence-electron chi connectivity index (χ2n) is 7.64. The van der Waals surface area contributed by atoms with Crippen molar-refractivity contribution >= 4 is 48.0 Å². The molecular weight excluding hydrogens is 414 g/mol. The van der Waals surface area contributed by atoms with Gasteiger partial charge in [0.1, 0.15) is 0 Å². The number of aliphatic carboxylic acids is 1. The molecule has 0 aromatic heterocycles. The smallest absolute Gasteiger partial charge is 0.324 e. The monoisotopic (exact) mass is 445 g/mol. The van der Waals surface area contributed by atoms with Gasteiger partial charge < -0.3 is 21.5 Å². The largest absolute Gasteiger partial charge is 0.480 e. The molecule has 29 heavy (non-hydrogen) atoms. The summed E-state index contributed by atoms with van der Waals surface area (Å²) in [7, 11) is 0. The molecule has 0 radical (unpaired) electrons. The van der Waals surface area contributed by atoms with Crippen LogP contribution < -0.4 is 16.4 Å². The van der Waals surface area contributed by atoms with Crippen molar-refractivity contribution in [2.75, 3.05) is 18.1 Å². The Bertz CT molecular complexity index is 633. The number of rotatable bonds is 14. The molecule has 0 bridgehead atoms. The fourth-order valence-corrected chi connectivity index (χ4v) is 5.86. The topological polar surface area (TPSA) is 139 Å². The predicted octanol–water partition coefficient (Wildman–Crippen LogP) is 1.37. The maximum atomic E-state index is 12.9. The Morgan fingerprint density at radius 1 is 1.14 bits per heavy atom. The highest BCUT2D eigenvalue weighted by Gasteiger charge is 2.50. The van der Waals surface area contributed by atoms with Crippen LogP contribution in [0.3, 0.4) is 0 Å². The molecule has 2 heterocycles. The van der Waals surface area contributed by atoms with Gasteiger partial charge in [-0.25, -0.2) is 4.79 Å². The molecule has 0 aromatic rings. The third-order valence-electron chi connectivity index (χ3n) is 5.74. The second kappa shape index (κ2) is 11.2. The van der Waals surface area contributed by atoms with Crippen LogP contribution >= 0.6 is 24.4 Å². The Morgan fingerprint density at radius 2 is 1.86 bits per heavy atom. The van der Waals surface area contributed by atoms with Crippen molar-refractivity contribution in [1.29, 1.82) is 0 Å². The number of nitrogens with one attached hydrogen (secondary N) is 2. The van der Waals surface area contributed by atoms with E-state index in [9.17, 15) is 24.3 Å². The van der Waals surface area contributed by atoms with Gasteiger partial charge >= 0.3 is 12.0 Å². The van der Waals surface area contributed by atoms with Crippen LogP contribution in [0.1, 0.15) is 51.4 Å². The molecule has 2 rings (SSSR count). The number of fused-ring (bicyclic) bond motifs is 1. The first kappa shape index (κ1) is 24.0. The number of carbonyl (C=O) groups excluding carboxylic acids is 3. The lowest BCUT2D eigenvalue weighted by Gasteiger charge is -2.27. The Balaban J connectivity index is 1.91. The number of Topliss-reactive ketones (excluding diaryl/α,β-unsaturated/α-hetero) is 2. The van der Waals surface area contributed by atoms with Crippen LogP contribution in [0.5, 0.6) is 0 Å².